The van der Waals surface area contributed by atoms with Crippen LogP contribution >= 0.6 is 0 Å². The average Bonchev–Trinajstić information content (AvgIpc) is 1.94. The molecule has 0 nitrogen and oxygen atoms in total. The number of benzene rings is 1. The Morgan fingerprint density at radius 1 is 1.18 bits per heavy atom. The third-order valence-electron chi connectivity index (χ3n) is 1.49. The molecule has 0 fully saturated rings. The average molecular weight is 155 g/mol. The maximum absolute atomic E-state index is 12.9. The van der Waals surface area contributed by atoms with Crippen LogP contribution in [0.2, 0.25) is 0 Å². The molecule has 0 aliphatic heterocycles. The minimum Gasteiger partial charge on any atom is -0.204 e. The van der Waals surface area contributed by atoms with Gasteiger partial charge in [-0.25, -0.2) is 8.78 Å². The number of hydrogen-bond donors (Lipinski definition) is 0. The lowest BCUT2D eigenvalue weighted by molar-refractivity contribution is 0.502. The third-order valence-corrected chi connectivity index (χ3v) is 1.49. The molecule has 1 aromatic rings. The largest absolute Gasteiger partial charge is 0.204 e. The first-order chi connectivity index (χ1) is 5.13. The van der Waals surface area contributed by atoms with Crippen LogP contribution in [-0.2, 0) is 0 Å². The molecule has 0 spiro atoms. The van der Waals surface area contributed by atoms with Gasteiger partial charge in [-0.3, -0.25) is 0 Å². The van der Waals surface area contributed by atoms with Gasteiger partial charge in [0.05, 0.1) is 0 Å². The Morgan fingerprint density at radius 3 is 2.27 bits per heavy atom. The molecule has 0 aromatic heterocycles. The fraction of sp³-hybridized carbons (Fsp3) is 0.222. The van der Waals surface area contributed by atoms with E-state index >= 15 is 0 Å². The summed E-state index contributed by atoms with van der Waals surface area (Å²) in [6.45, 7) is 3.50. The molecular weight excluding hydrogens is 146 g/mol. The smallest absolute Gasteiger partial charge is 0.162 e. The molecule has 59 valence electrons. The highest BCUT2D eigenvalue weighted by Gasteiger charge is 2.09. The lowest BCUT2D eigenvalue weighted by Crippen LogP contribution is -1.95. The summed E-state index contributed by atoms with van der Waals surface area (Å²) in [7, 11) is 0. The summed E-state index contributed by atoms with van der Waals surface area (Å²) in [5.41, 5.74) is 0.352. The SMILES string of the molecule is C[C](C)c1cccc(F)c1F. The van der Waals surface area contributed by atoms with Crippen LogP contribution in [-0.4, -0.2) is 0 Å². The van der Waals surface area contributed by atoms with E-state index < -0.39 is 11.6 Å². The summed E-state index contributed by atoms with van der Waals surface area (Å²) >= 11 is 0. The molecule has 11 heavy (non-hydrogen) atoms. The highest BCUT2D eigenvalue weighted by Crippen LogP contribution is 2.18. The van der Waals surface area contributed by atoms with Crippen molar-refractivity contribution in [3.8, 4) is 0 Å². The molecule has 0 amide bonds. The summed E-state index contributed by atoms with van der Waals surface area (Å²) in [4.78, 5) is 0. The van der Waals surface area contributed by atoms with Crippen LogP contribution in [0.15, 0.2) is 18.2 Å². The van der Waals surface area contributed by atoms with Crippen molar-refractivity contribution in [3.63, 3.8) is 0 Å². The first-order valence-corrected chi connectivity index (χ1v) is 3.37. The zero-order chi connectivity index (χ0) is 8.43. The van der Waals surface area contributed by atoms with E-state index in [4.69, 9.17) is 0 Å². The lowest BCUT2D eigenvalue weighted by Gasteiger charge is -2.05. The Labute approximate surface area is 64.9 Å². The molecule has 0 unspecified atom stereocenters. The maximum Gasteiger partial charge on any atom is 0.162 e. The monoisotopic (exact) mass is 155 g/mol. The summed E-state index contributed by atoms with van der Waals surface area (Å²) in [6, 6.07) is 4.18. The van der Waals surface area contributed by atoms with Crippen molar-refractivity contribution in [2.75, 3.05) is 0 Å². The minimum absolute atomic E-state index is 0.352. The summed E-state index contributed by atoms with van der Waals surface area (Å²) in [5.74, 6) is -0.766. The van der Waals surface area contributed by atoms with Crippen LogP contribution in [0.5, 0.6) is 0 Å². The first kappa shape index (κ1) is 8.18. The normalized spacial score (nSPS) is 10.6. The van der Waals surface area contributed by atoms with Crippen molar-refractivity contribution in [2.45, 2.75) is 13.8 Å². The van der Waals surface area contributed by atoms with Crippen LogP contribution < -0.4 is 0 Å². The van der Waals surface area contributed by atoms with Gasteiger partial charge in [0.15, 0.2) is 11.6 Å². The van der Waals surface area contributed by atoms with Crippen molar-refractivity contribution in [1.82, 2.24) is 0 Å². The topological polar surface area (TPSA) is 0 Å². The van der Waals surface area contributed by atoms with E-state index in [0.29, 0.717) is 5.56 Å². The zero-order valence-electron chi connectivity index (χ0n) is 6.49. The van der Waals surface area contributed by atoms with Crippen LogP contribution in [0.1, 0.15) is 19.4 Å². The van der Waals surface area contributed by atoms with Gasteiger partial charge in [-0.2, -0.15) is 0 Å². The molecule has 1 aromatic carbocycles. The molecular formula is C9H9F2. The third kappa shape index (κ3) is 1.56. The Morgan fingerprint density at radius 2 is 1.82 bits per heavy atom. The van der Waals surface area contributed by atoms with Gasteiger partial charge in [0.25, 0.3) is 0 Å². The van der Waals surface area contributed by atoms with Gasteiger partial charge in [-0.1, -0.05) is 26.0 Å². The van der Waals surface area contributed by atoms with Gasteiger partial charge in [-0.15, -0.1) is 0 Å². The molecule has 1 radical (unpaired) electrons. The number of rotatable bonds is 1. The van der Waals surface area contributed by atoms with Gasteiger partial charge in [0.2, 0.25) is 0 Å². The highest BCUT2D eigenvalue weighted by atomic mass is 19.2. The summed E-state index contributed by atoms with van der Waals surface area (Å²) in [5, 5.41) is 0. The van der Waals surface area contributed by atoms with Crippen LogP contribution in [0.4, 0.5) is 8.78 Å². The van der Waals surface area contributed by atoms with Crippen molar-refractivity contribution in [2.24, 2.45) is 0 Å². The molecule has 2 heteroatoms. The van der Waals surface area contributed by atoms with Crippen molar-refractivity contribution < 1.29 is 8.78 Å². The Hall–Kier alpha value is -0.920. The predicted molar refractivity (Wildman–Crippen MR) is 40.1 cm³/mol. The molecule has 0 aliphatic carbocycles. The molecule has 0 saturated carbocycles. The van der Waals surface area contributed by atoms with Crippen molar-refractivity contribution in [3.05, 3.63) is 41.3 Å². The first-order valence-electron chi connectivity index (χ1n) is 3.37. The van der Waals surface area contributed by atoms with E-state index in [9.17, 15) is 8.78 Å². The number of hydrogen-bond acceptors (Lipinski definition) is 0. The number of halogens is 2. The van der Waals surface area contributed by atoms with E-state index in [0.717, 1.165) is 12.0 Å². The van der Waals surface area contributed by atoms with E-state index in [2.05, 4.69) is 0 Å². The van der Waals surface area contributed by atoms with E-state index in [1.54, 1.807) is 19.9 Å². The molecule has 0 saturated heterocycles. The minimum atomic E-state index is -0.788. The fourth-order valence-electron chi connectivity index (χ4n) is 0.890. The van der Waals surface area contributed by atoms with Gasteiger partial charge in [0.1, 0.15) is 0 Å². The standard InChI is InChI=1S/C9H9F2/c1-6(2)7-4-3-5-8(10)9(7)11/h3-5H,1-2H3. The summed E-state index contributed by atoms with van der Waals surface area (Å²) < 4.78 is 25.4. The van der Waals surface area contributed by atoms with E-state index in [-0.39, 0.29) is 0 Å². The molecule has 0 N–H and O–H groups in total. The van der Waals surface area contributed by atoms with E-state index in [1.165, 1.54) is 6.07 Å². The van der Waals surface area contributed by atoms with Crippen LogP contribution in [0, 0.1) is 17.6 Å². The summed E-state index contributed by atoms with van der Waals surface area (Å²) in [6.07, 6.45) is 0. The molecule has 0 aliphatic rings. The van der Waals surface area contributed by atoms with Gasteiger partial charge < -0.3 is 0 Å². The second-order valence-corrected chi connectivity index (χ2v) is 2.60. The van der Waals surface area contributed by atoms with Crippen molar-refractivity contribution >= 4 is 0 Å². The second-order valence-electron chi connectivity index (χ2n) is 2.60. The Kier molecular flexibility index (Phi) is 2.22. The maximum atomic E-state index is 12.9. The molecule has 1 rings (SSSR count). The fourth-order valence-corrected chi connectivity index (χ4v) is 0.890. The Bertz CT molecular complexity index is 254. The molecule has 0 atom stereocenters. The zero-order valence-corrected chi connectivity index (χ0v) is 6.49. The molecule has 0 bridgehead atoms. The highest BCUT2D eigenvalue weighted by molar-refractivity contribution is 5.30. The second kappa shape index (κ2) is 2.99. The van der Waals surface area contributed by atoms with Crippen molar-refractivity contribution in [1.29, 1.82) is 0 Å². The van der Waals surface area contributed by atoms with Gasteiger partial charge >= 0.3 is 0 Å². The quantitative estimate of drug-likeness (QED) is 0.585. The predicted octanol–water partition coefficient (Wildman–Crippen LogP) is 2.93. The van der Waals surface area contributed by atoms with E-state index in [1.807, 2.05) is 0 Å². The van der Waals surface area contributed by atoms with Crippen LogP contribution in [0.3, 0.4) is 0 Å². The van der Waals surface area contributed by atoms with Gasteiger partial charge in [-0.05, 0) is 11.6 Å². The van der Waals surface area contributed by atoms with Gasteiger partial charge in [0, 0.05) is 5.92 Å². The molecule has 0 heterocycles. The Balaban J connectivity index is 3.17. The lowest BCUT2D eigenvalue weighted by atomic mass is 10.0. The van der Waals surface area contributed by atoms with Crippen LogP contribution in [0.25, 0.3) is 0 Å².